The van der Waals surface area contributed by atoms with Crippen molar-refractivity contribution in [3.63, 3.8) is 0 Å². The van der Waals surface area contributed by atoms with Gasteiger partial charge in [0.1, 0.15) is 0 Å². The molecule has 0 saturated heterocycles. The van der Waals surface area contributed by atoms with E-state index in [1.807, 2.05) is 30.3 Å². The molecule has 2 aromatic carbocycles. The van der Waals surface area contributed by atoms with Crippen molar-refractivity contribution < 1.29 is 9.59 Å². The van der Waals surface area contributed by atoms with Gasteiger partial charge in [-0.2, -0.15) is 0 Å². The molecule has 0 aliphatic carbocycles. The molecular weight excluding hydrogens is 323 g/mol. The molecule has 114 valence electrons. The summed E-state index contributed by atoms with van der Waals surface area (Å²) in [5, 5.41) is 3.01. The summed E-state index contributed by atoms with van der Waals surface area (Å²) in [6, 6.07) is 14.2. The highest BCUT2D eigenvalue weighted by atomic mass is 35.5. The maximum Gasteiger partial charge on any atom is 0.313 e. The van der Waals surface area contributed by atoms with Gasteiger partial charge in [0.2, 0.25) is 0 Å². The number of amides is 2. The second-order valence-electron chi connectivity index (χ2n) is 4.70. The molecule has 6 heteroatoms. The second-order valence-corrected chi connectivity index (χ2v) is 5.51. The summed E-state index contributed by atoms with van der Waals surface area (Å²) in [6.07, 6.45) is 0. The van der Waals surface area contributed by atoms with Gasteiger partial charge < -0.3 is 10.2 Å². The molecular formula is C16H14Cl2N2O2. The number of carbonyl (C=O) groups excluding carboxylic acids is 2. The highest BCUT2D eigenvalue weighted by Crippen LogP contribution is 2.29. The van der Waals surface area contributed by atoms with Crippen LogP contribution in [0.2, 0.25) is 10.0 Å². The molecule has 2 rings (SSSR count). The van der Waals surface area contributed by atoms with Crippen LogP contribution in [0.4, 0.5) is 5.69 Å². The fourth-order valence-electron chi connectivity index (χ4n) is 1.89. The van der Waals surface area contributed by atoms with E-state index in [0.717, 1.165) is 5.56 Å². The van der Waals surface area contributed by atoms with Crippen LogP contribution in [0.15, 0.2) is 48.5 Å². The summed E-state index contributed by atoms with van der Waals surface area (Å²) in [5.41, 5.74) is 1.17. The van der Waals surface area contributed by atoms with Crippen LogP contribution in [0.1, 0.15) is 5.56 Å². The first-order chi connectivity index (χ1) is 10.5. The number of benzene rings is 2. The van der Waals surface area contributed by atoms with Crippen LogP contribution in [-0.2, 0) is 16.1 Å². The average molecular weight is 337 g/mol. The van der Waals surface area contributed by atoms with Gasteiger partial charge >= 0.3 is 11.8 Å². The Morgan fingerprint density at radius 3 is 2.18 bits per heavy atom. The maximum absolute atomic E-state index is 12.1. The first-order valence-electron chi connectivity index (χ1n) is 6.53. The fraction of sp³-hybridized carbons (Fsp3) is 0.125. The van der Waals surface area contributed by atoms with Crippen molar-refractivity contribution in [1.82, 2.24) is 4.90 Å². The number of nitrogens with one attached hydrogen (secondary N) is 1. The van der Waals surface area contributed by atoms with Gasteiger partial charge in [-0.3, -0.25) is 9.59 Å². The van der Waals surface area contributed by atoms with Crippen LogP contribution in [0.3, 0.4) is 0 Å². The molecule has 0 fully saturated rings. The number of carbonyl (C=O) groups is 2. The first-order valence-corrected chi connectivity index (χ1v) is 7.29. The third-order valence-electron chi connectivity index (χ3n) is 3.00. The van der Waals surface area contributed by atoms with Gasteiger partial charge in [-0.15, -0.1) is 0 Å². The summed E-state index contributed by atoms with van der Waals surface area (Å²) < 4.78 is 0. The topological polar surface area (TPSA) is 49.4 Å². The Kier molecular flexibility index (Phi) is 5.41. The van der Waals surface area contributed by atoms with Crippen molar-refractivity contribution in [1.29, 1.82) is 0 Å². The van der Waals surface area contributed by atoms with Crippen molar-refractivity contribution in [3.05, 3.63) is 64.1 Å². The fourth-order valence-corrected chi connectivity index (χ4v) is 2.38. The lowest BCUT2D eigenvalue weighted by molar-refractivity contribution is -0.142. The predicted molar refractivity (Wildman–Crippen MR) is 88.0 cm³/mol. The van der Waals surface area contributed by atoms with Crippen LogP contribution >= 0.6 is 23.2 Å². The third-order valence-corrected chi connectivity index (χ3v) is 3.63. The molecule has 0 bridgehead atoms. The van der Waals surface area contributed by atoms with Gasteiger partial charge in [-0.25, -0.2) is 0 Å². The maximum atomic E-state index is 12.1. The Morgan fingerprint density at radius 2 is 1.59 bits per heavy atom. The van der Waals surface area contributed by atoms with E-state index in [0.29, 0.717) is 6.54 Å². The molecule has 2 aromatic rings. The van der Waals surface area contributed by atoms with Crippen molar-refractivity contribution in [2.75, 3.05) is 12.4 Å². The van der Waals surface area contributed by atoms with Crippen LogP contribution in [0, 0.1) is 0 Å². The quantitative estimate of drug-likeness (QED) is 0.870. The Hall–Kier alpha value is -2.04. The number of likely N-dealkylation sites (N-methyl/N-ethyl adjacent to an activating group) is 1. The Labute approximate surface area is 138 Å². The van der Waals surface area contributed by atoms with Gasteiger partial charge in [0, 0.05) is 13.6 Å². The second kappa shape index (κ2) is 7.29. The minimum absolute atomic E-state index is 0.234. The van der Waals surface area contributed by atoms with Crippen LogP contribution < -0.4 is 5.32 Å². The van der Waals surface area contributed by atoms with Gasteiger partial charge in [-0.1, -0.05) is 59.6 Å². The zero-order valence-electron chi connectivity index (χ0n) is 11.8. The molecule has 0 saturated carbocycles. The molecule has 4 nitrogen and oxygen atoms in total. The van der Waals surface area contributed by atoms with E-state index < -0.39 is 11.8 Å². The van der Waals surface area contributed by atoms with Crippen molar-refractivity contribution in [3.8, 4) is 0 Å². The van der Waals surface area contributed by atoms with E-state index in [9.17, 15) is 9.59 Å². The van der Waals surface area contributed by atoms with Gasteiger partial charge in [0.05, 0.1) is 15.7 Å². The summed E-state index contributed by atoms with van der Waals surface area (Å²) in [7, 11) is 1.56. The SMILES string of the molecule is CN(Cc1ccccc1)C(=O)C(=O)Nc1c(Cl)cccc1Cl. The van der Waals surface area contributed by atoms with E-state index >= 15 is 0 Å². The Balaban J connectivity index is 2.04. The van der Waals surface area contributed by atoms with Crippen molar-refractivity contribution in [2.24, 2.45) is 0 Å². The molecule has 0 aliphatic heterocycles. The predicted octanol–water partition coefficient (Wildman–Crippen LogP) is 3.59. The number of rotatable bonds is 3. The van der Waals surface area contributed by atoms with E-state index in [2.05, 4.69) is 5.32 Å². The number of halogens is 2. The van der Waals surface area contributed by atoms with E-state index in [-0.39, 0.29) is 15.7 Å². The number of hydrogen-bond acceptors (Lipinski definition) is 2. The smallest absolute Gasteiger partial charge is 0.313 e. The summed E-state index contributed by atoms with van der Waals surface area (Å²) >= 11 is 11.9. The lowest BCUT2D eigenvalue weighted by Crippen LogP contribution is -2.36. The monoisotopic (exact) mass is 336 g/mol. The molecule has 1 N–H and O–H groups in total. The van der Waals surface area contributed by atoms with Crippen LogP contribution in [-0.4, -0.2) is 23.8 Å². The minimum atomic E-state index is -0.784. The van der Waals surface area contributed by atoms with Gasteiger partial charge in [-0.05, 0) is 17.7 Å². The average Bonchev–Trinajstić information content (AvgIpc) is 2.51. The van der Waals surface area contributed by atoms with E-state index in [1.165, 1.54) is 4.90 Å². The van der Waals surface area contributed by atoms with Crippen molar-refractivity contribution >= 4 is 40.7 Å². The molecule has 0 spiro atoms. The number of hydrogen-bond donors (Lipinski definition) is 1. The number of para-hydroxylation sites is 1. The van der Waals surface area contributed by atoms with Gasteiger partial charge in [0.25, 0.3) is 0 Å². The molecule has 0 aliphatic rings. The molecule has 0 heterocycles. The van der Waals surface area contributed by atoms with Crippen LogP contribution in [0.25, 0.3) is 0 Å². The molecule has 2 amide bonds. The molecule has 0 atom stereocenters. The van der Waals surface area contributed by atoms with Crippen LogP contribution in [0.5, 0.6) is 0 Å². The summed E-state index contributed by atoms with van der Waals surface area (Å²) in [4.78, 5) is 25.5. The third kappa shape index (κ3) is 4.00. The summed E-state index contributed by atoms with van der Waals surface area (Å²) in [6.45, 7) is 0.337. The zero-order valence-corrected chi connectivity index (χ0v) is 13.4. The Bertz CT molecular complexity index is 670. The standard InChI is InChI=1S/C16H14Cl2N2O2/c1-20(10-11-6-3-2-4-7-11)16(22)15(21)19-14-12(17)8-5-9-13(14)18/h2-9H,10H2,1H3,(H,19,21). The van der Waals surface area contributed by atoms with E-state index in [4.69, 9.17) is 23.2 Å². The lowest BCUT2D eigenvalue weighted by Gasteiger charge is -2.17. The first kappa shape index (κ1) is 16.3. The molecule has 0 unspecified atom stereocenters. The van der Waals surface area contributed by atoms with E-state index in [1.54, 1.807) is 25.2 Å². The minimum Gasteiger partial charge on any atom is -0.333 e. The Morgan fingerprint density at radius 1 is 1.00 bits per heavy atom. The summed E-state index contributed by atoms with van der Waals surface area (Å²) in [5.74, 6) is -1.45. The number of anilines is 1. The number of nitrogens with zero attached hydrogens (tertiary/aromatic N) is 1. The highest BCUT2D eigenvalue weighted by Gasteiger charge is 2.20. The molecule has 22 heavy (non-hydrogen) atoms. The lowest BCUT2D eigenvalue weighted by atomic mass is 10.2. The molecule has 0 aromatic heterocycles. The zero-order chi connectivity index (χ0) is 16.1. The normalized spacial score (nSPS) is 10.1. The van der Waals surface area contributed by atoms with Gasteiger partial charge in [0.15, 0.2) is 0 Å². The molecule has 0 radical (unpaired) electrons. The largest absolute Gasteiger partial charge is 0.333 e. The van der Waals surface area contributed by atoms with Crippen molar-refractivity contribution in [2.45, 2.75) is 6.54 Å². The highest BCUT2D eigenvalue weighted by molar-refractivity contribution is 6.44.